The molecule has 0 atom stereocenters. The van der Waals surface area contributed by atoms with E-state index in [0.29, 0.717) is 5.54 Å². The topological polar surface area (TPSA) is 24.5 Å². The fourth-order valence-corrected chi connectivity index (χ4v) is 4.05. The largest absolute Gasteiger partial charge is 0.496 e. The summed E-state index contributed by atoms with van der Waals surface area (Å²) in [5, 5.41) is 4.58. The van der Waals surface area contributed by atoms with Gasteiger partial charge in [0.2, 0.25) is 0 Å². The number of piperazine rings is 1. The molecular formula is C17H25ClN2O. The van der Waals surface area contributed by atoms with Crippen molar-refractivity contribution in [1.29, 1.82) is 0 Å². The highest BCUT2D eigenvalue weighted by atomic mass is 35.5. The van der Waals surface area contributed by atoms with Crippen LogP contribution in [0.1, 0.15) is 37.7 Å². The predicted molar refractivity (Wildman–Crippen MR) is 87.1 cm³/mol. The summed E-state index contributed by atoms with van der Waals surface area (Å²) < 4.78 is 5.48. The molecule has 0 bridgehead atoms. The molecule has 1 aromatic carbocycles. The second-order valence-electron chi connectivity index (χ2n) is 6.43. The Balaban J connectivity index is 1.71. The Bertz CT molecular complexity index is 480. The number of rotatable bonds is 3. The van der Waals surface area contributed by atoms with E-state index in [9.17, 15) is 0 Å². The van der Waals surface area contributed by atoms with Gasteiger partial charge in [-0.2, -0.15) is 0 Å². The minimum atomic E-state index is 0.350. The van der Waals surface area contributed by atoms with Gasteiger partial charge in [0.1, 0.15) is 5.75 Å². The van der Waals surface area contributed by atoms with Crippen molar-refractivity contribution in [3.05, 3.63) is 28.8 Å². The molecule has 4 heteroatoms. The Morgan fingerprint density at radius 2 is 2.10 bits per heavy atom. The van der Waals surface area contributed by atoms with Crippen LogP contribution in [-0.2, 0) is 6.54 Å². The number of hydrogen-bond acceptors (Lipinski definition) is 3. The molecule has 0 aromatic heterocycles. The van der Waals surface area contributed by atoms with E-state index in [2.05, 4.69) is 10.2 Å². The lowest BCUT2D eigenvalue weighted by Gasteiger charge is -2.46. The molecule has 116 valence electrons. The molecule has 1 saturated heterocycles. The first-order valence-electron chi connectivity index (χ1n) is 8.01. The number of ether oxygens (including phenoxy) is 1. The summed E-state index contributed by atoms with van der Waals surface area (Å²) >= 11 is 6.15. The minimum absolute atomic E-state index is 0.350. The van der Waals surface area contributed by atoms with E-state index in [1.807, 2.05) is 18.2 Å². The first-order valence-corrected chi connectivity index (χ1v) is 8.38. The van der Waals surface area contributed by atoms with E-state index < -0.39 is 0 Å². The lowest BCUT2D eigenvalue weighted by molar-refractivity contribution is 0.0939. The van der Waals surface area contributed by atoms with Crippen molar-refractivity contribution in [2.45, 2.75) is 44.2 Å². The number of methoxy groups -OCH3 is 1. The van der Waals surface area contributed by atoms with Crippen molar-refractivity contribution in [1.82, 2.24) is 10.2 Å². The number of nitrogens with one attached hydrogen (secondary N) is 1. The van der Waals surface area contributed by atoms with Gasteiger partial charge in [0.05, 0.1) is 7.11 Å². The Labute approximate surface area is 132 Å². The van der Waals surface area contributed by atoms with E-state index in [1.54, 1.807) is 7.11 Å². The number of halogens is 1. The summed E-state index contributed by atoms with van der Waals surface area (Å²) in [5.41, 5.74) is 1.54. The summed E-state index contributed by atoms with van der Waals surface area (Å²) in [5.74, 6) is 0.940. The maximum Gasteiger partial charge on any atom is 0.123 e. The van der Waals surface area contributed by atoms with E-state index in [4.69, 9.17) is 16.3 Å². The van der Waals surface area contributed by atoms with E-state index >= 15 is 0 Å². The molecule has 2 aliphatic rings. The fraction of sp³-hybridized carbons (Fsp3) is 0.647. The van der Waals surface area contributed by atoms with Crippen molar-refractivity contribution < 1.29 is 4.74 Å². The third kappa shape index (κ3) is 3.53. The lowest BCUT2D eigenvalue weighted by atomic mass is 9.80. The van der Waals surface area contributed by atoms with Crippen molar-refractivity contribution in [2.24, 2.45) is 0 Å². The van der Waals surface area contributed by atoms with Gasteiger partial charge in [-0.3, -0.25) is 4.90 Å². The normalized spacial score (nSPS) is 22.4. The maximum atomic E-state index is 6.15. The van der Waals surface area contributed by atoms with E-state index in [-0.39, 0.29) is 0 Å². The zero-order chi connectivity index (χ0) is 14.7. The summed E-state index contributed by atoms with van der Waals surface area (Å²) in [6, 6.07) is 5.90. The Morgan fingerprint density at radius 1 is 1.29 bits per heavy atom. The van der Waals surface area contributed by atoms with Gasteiger partial charge >= 0.3 is 0 Å². The van der Waals surface area contributed by atoms with E-state index in [1.165, 1.54) is 37.7 Å². The first-order chi connectivity index (χ1) is 10.2. The maximum absolute atomic E-state index is 6.15. The molecule has 1 spiro atoms. The third-order valence-electron chi connectivity index (χ3n) is 4.90. The highest BCUT2D eigenvalue weighted by Gasteiger charge is 2.36. The van der Waals surface area contributed by atoms with Crippen LogP contribution in [-0.4, -0.2) is 37.2 Å². The zero-order valence-corrected chi connectivity index (χ0v) is 13.6. The van der Waals surface area contributed by atoms with Crippen LogP contribution >= 0.6 is 11.6 Å². The van der Waals surface area contributed by atoms with Gasteiger partial charge in [0, 0.05) is 42.3 Å². The summed E-state index contributed by atoms with van der Waals surface area (Å²) in [6.45, 7) is 4.25. The molecule has 1 heterocycles. The standard InChI is InChI=1S/C17H25ClN2O/c1-21-16-6-5-15(18)11-14(16)12-20-10-9-19-17(13-20)7-3-2-4-8-17/h5-6,11,19H,2-4,7-10,12-13H2,1H3. The van der Waals surface area contributed by atoms with Crippen molar-refractivity contribution in [3.63, 3.8) is 0 Å². The monoisotopic (exact) mass is 308 g/mol. The average Bonchev–Trinajstić information content (AvgIpc) is 2.48. The molecule has 1 saturated carbocycles. The van der Waals surface area contributed by atoms with Crippen LogP contribution in [0, 0.1) is 0 Å². The summed E-state index contributed by atoms with van der Waals surface area (Å²) in [4.78, 5) is 2.55. The molecule has 2 fully saturated rings. The zero-order valence-electron chi connectivity index (χ0n) is 12.8. The number of benzene rings is 1. The molecule has 1 aliphatic heterocycles. The smallest absolute Gasteiger partial charge is 0.123 e. The first kappa shape index (κ1) is 15.1. The third-order valence-corrected chi connectivity index (χ3v) is 5.14. The van der Waals surface area contributed by atoms with Gasteiger partial charge in [-0.25, -0.2) is 0 Å². The highest BCUT2D eigenvalue weighted by Crippen LogP contribution is 2.32. The molecule has 0 radical (unpaired) electrons. The number of nitrogens with zero attached hydrogens (tertiary/aromatic N) is 1. The van der Waals surface area contributed by atoms with Crippen molar-refractivity contribution >= 4 is 11.6 Å². The predicted octanol–water partition coefficient (Wildman–Crippen LogP) is 3.46. The van der Waals surface area contributed by atoms with Gasteiger partial charge in [-0.1, -0.05) is 30.9 Å². The molecule has 1 N–H and O–H groups in total. The second kappa shape index (κ2) is 6.55. The SMILES string of the molecule is COc1ccc(Cl)cc1CN1CCNC2(CCCCC2)C1. The molecule has 0 unspecified atom stereocenters. The van der Waals surface area contributed by atoms with E-state index in [0.717, 1.165) is 37.0 Å². The number of hydrogen-bond donors (Lipinski definition) is 1. The van der Waals surface area contributed by atoms with Crippen molar-refractivity contribution in [3.8, 4) is 5.75 Å². The Kier molecular flexibility index (Phi) is 4.72. The van der Waals surface area contributed by atoms with Crippen molar-refractivity contribution in [2.75, 3.05) is 26.7 Å². The van der Waals surface area contributed by atoms with Crippen LogP contribution in [0.25, 0.3) is 0 Å². The molecular weight excluding hydrogens is 284 g/mol. The molecule has 3 nitrogen and oxygen atoms in total. The summed E-state index contributed by atoms with van der Waals surface area (Å²) in [7, 11) is 1.73. The quantitative estimate of drug-likeness (QED) is 0.925. The van der Waals surface area contributed by atoms with Crippen LogP contribution in [0.2, 0.25) is 5.02 Å². The summed E-state index contributed by atoms with van der Waals surface area (Å²) in [6.07, 6.45) is 6.75. The molecule has 21 heavy (non-hydrogen) atoms. The molecule has 1 aromatic rings. The van der Waals surface area contributed by atoms with Gasteiger partial charge in [0.15, 0.2) is 0 Å². The highest BCUT2D eigenvalue weighted by molar-refractivity contribution is 6.30. The van der Waals surface area contributed by atoms with Gasteiger partial charge in [-0.05, 0) is 31.0 Å². The fourth-order valence-electron chi connectivity index (χ4n) is 3.85. The van der Waals surface area contributed by atoms with Crippen LogP contribution in [0.3, 0.4) is 0 Å². The lowest BCUT2D eigenvalue weighted by Crippen LogP contribution is -2.60. The van der Waals surface area contributed by atoms with Crippen LogP contribution < -0.4 is 10.1 Å². The second-order valence-corrected chi connectivity index (χ2v) is 6.87. The molecule has 0 amide bonds. The molecule has 3 rings (SSSR count). The Morgan fingerprint density at radius 3 is 2.86 bits per heavy atom. The van der Waals surface area contributed by atoms with Gasteiger partial charge in [-0.15, -0.1) is 0 Å². The van der Waals surface area contributed by atoms with Crippen LogP contribution in [0.15, 0.2) is 18.2 Å². The Hall–Kier alpha value is -0.770. The van der Waals surface area contributed by atoms with Crippen LogP contribution in [0.4, 0.5) is 0 Å². The average molecular weight is 309 g/mol. The van der Waals surface area contributed by atoms with Gasteiger partial charge in [0.25, 0.3) is 0 Å². The molecule has 1 aliphatic carbocycles. The van der Waals surface area contributed by atoms with Gasteiger partial charge < -0.3 is 10.1 Å². The van der Waals surface area contributed by atoms with Crippen LogP contribution in [0.5, 0.6) is 5.75 Å². The minimum Gasteiger partial charge on any atom is -0.496 e.